The van der Waals surface area contributed by atoms with Gasteiger partial charge in [0, 0.05) is 24.9 Å². The second-order valence-electron chi connectivity index (χ2n) is 6.09. The third-order valence-corrected chi connectivity index (χ3v) is 4.48. The van der Waals surface area contributed by atoms with Gasteiger partial charge in [-0.15, -0.1) is 0 Å². The minimum absolute atomic E-state index is 0.259. The zero-order valence-electron chi connectivity index (χ0n) is 16.0. The number of rotatable bonds is 7. The third-order valence-electron chi connectivity index (χ3n) is 4.48. The molecule has 1 aliphatic rings. The van der Waals surface area contributed by atoms with Crippen molar-refractivity contribution in [2.45, 2.75) is 19.9 Å². The van der Waals surface area contributed by atoms with Gasteiger partial charge in [0.2, 0.25) is 0 Å². The summed E-state index contributed by atoms with van der Waals surface area (Å²) in [5, 5.41) is 2.90. The third kappa shape index (κ3) is 3.99. The van der Waals surface area contributed by atoms with Gasteiger partial charge in [0.25, 0.3) is 0 Å². The van der Waals surface area contributed by atoms with E-state index in [1.54, 1.807) is 27.1 Å². The Morgan fingerprint density at radius 1 is 1.31 bits per heavy atom. The number of urea groups is 1. The van der Waals surface area contributed by atoms with E-state index in [1.165, 1.54) is 4.90 Å². The quantitative estimate of drug-likeness (QED) is 0.754. The number of nitrogens with zero attached hydrogens (tertiary/aromatic N) is 2. The number of nitrogens with one attached hydrogen (secondary N) is 1. The highest BCUT2D eigenvalue weighted by Gasteiger charge is 2.38. The molecule has 0 aliphatic carbocycles. The number of benzene rings is 1. The monoisotopic (exact) mass is 361 g/mol. The Bertz CT molecular complexity index is 702. The zero-order chi connectivity index (χ0) is 19.3. The maximum absolute atomic E-state index is 12.8. The van der Waals surface area contributed by atoms with Gasteiger partial charge in [-0.1, -0.05) is 25.1 Å². The molecule has 1 unspecified atom stereocenters. The number of carbonyl (C=O) groups is 2. The largest absolute Gasteiger partial charge is 0.496 e. The van der Waals surface area contributed by atoms with Crippen LogP contribution in [0.5, 0.6) is 5.75 Å². The predicted octanol–water partition coefficient (Wildman–Crippen LogP) is 2.16. The first kappa shape index (κ1) is 19.8. The summed E-state index contributed by atoms with van der Waals surface area (Å²) >= 11 is 0. The summed E-state index contributed by atoms with van der Waals surface area (Å²) < 4.78 is 10.7. The number of para-hydroxylation sites is 1. The van der Waals surface area contributed by atoms with E-state index >= 15 is 0 Å². The van der Waals surface area contributed by atoms with Crippen LogP contribution in [-0.4, -0.2) is 62.7 Å². The molecule has 0 radical (unpaired) electrons. The molecule has 7 heteroatoms. The summed E-state index contributed by atoms with van der Waals surface area (Å²) in [5.41, 5.74) is 1.78. The Kier molecular flexibility index (Phi) is 6.63. The molecule has 0 spiro atoms. The molecule has 1 atom stereocenters. The molecule has 1 N–H and O–H groups in total. The molecule has 1 aromatic carbocycles. The predicted molar refractivity (Wildman–Crippen MR) is 98.9 cm³/mol. The fraction of sp³-hybridized carbons (Fsp3) is 0.474. The molecule has 142 valence electrons. The summed E-state index contributed by atoms with van der Waals surface area (Å²) in [4.78, 5) is 28.9. The van der Waals surface area contributed by atoms with Gasteiger partial charge in [-0.05, 0) is 26.6 Å². The average Bonchev–Trinajstić information content (AvgIpc) is 2.65. The van der Waals surface area contributed by atoms with E-state index in [2.05, 4.69) is 5.32 Å². The van der Waals surface area contributed by atoms with Crippen molar-refractivity contribution in [3.8, 4) is 5.75 Å². The SMILES string of the molecule is CCOC(=O)C1=C(CN(C)CC)N(C)C(=O)NC1c1ccccc1OC. The average molecular weight is 361 g/mol. The molecule has 1 aliphatic heterocycles. The van der Waals surface area contributed by atoms with Crippen LogP contribution < -0.4 is 10.1 Å². The molecule has 26 heavy (non-hydrogen) atoms. The Morgan fingerprint density at radius 2 is 2.00 bits per heavy atom. The van der Waals surface area contributed by atoms with Crippen LogP contribution in [0.2, 0.25) is 0 Å². The van der Waals surface area contributed by atoms with Gasteiger partial charge < -0.3 is 19.7 Å². The number of methoxy groups -OCH3 is 1. The number of hydrogen-bond acceptors (Lipinski definition) is 5. The molecule has 1 heterocycles. The minimum Gasteiger partial charge on any atom is -0.496 e. The van der Waals surface area contributed by atoms with Crippen molar-refractivity contribution in [2.75, 3.05) is 40.9 Å². The first-order valence-corrected chi connectivity index (χ1v) is 8.70. The van der Waals surface area contributed by atoms with E-state index in [4.69, 9.17) is 9.47 Å². The van der Waals surface area contributed by atoms with Crippen molar-refractivity contribution in [3.63, 3.8) is 0 Å². The Hall–Kier alpha value is -2.54. The molecule has 0 bridgehead atoms. The van der Waals surface area contributed by atoms with Crippen LogP contribution in [0.4, 0.5) is 4.79 Å². The first-order valence-electron chi connectivity index (χ1n) is 8.70. The van der Waals surface area contributed by atoms with Gasteiger partial charge in [0.1, 0.15) is 5.75 Å². The highest BCUT2D eigenvalue weighted by atomic mass is 16.5. The van der Waals surface area contributed by atoms with E-state index in [-0.39, 0.29) is 12.6 Å². The highest BCUT2D eigenvalue weighted by Crippen LogP contribution is 2.35. The number of carbonyl (C=O) groups excluding carboxylic acids is 2. The van der Waals surface area contributed by atoms with Crippen molar-refractivity contribution >= 4 is 12.0 Å². The molecular weight excluding hydrogens is 334 g/mol. The fourth-order valence-corrected chi connectivity index (χ4v) is 2.90. The molecule has 0 saturated heterocycles. The summed E-state index contributed by atoms with van der Waals surface area (Å²) in [6.07, 6.45) is 0. The van der Waals surface area contributed by atoms with Crippen LogP contribution in [0, 0.1) is 0 Å². The maximum atomic E-state index is 12.8. The Labute approximate surface area is 154 Å². The molecule has 0 aromatic heterocycles. The van der Waals surface area contributed by atoms with Gasteiger partial charge in [0.05, 0.1) is 25.3 Å². The summed E-state index contributed by atoms with van der Waals surface area (Å²) in [6, 6.07) is 6.44. The molecule has 2 rings (SSSR count). The number of hydrogen-bond donors (Lipinski definition) is 1. The molecule has 2 amide bonds. The lowest BCUT2D eigenvalue weighted by molar-refractivity contribution is -0.139. The van der Waals surface area contributed by atoms with E-state index in [0.29, 0.717) is 23.6 Å². The lowest BCUT2D eigenvalue weighted by Crippen LogP contribution is -2.49. The molecule has 0 saturated carbocycles. The van der Waals surface area contributed by atoms with Crippen LogP contribution >= 0.6 is 0 Å². The zero-order valence-corrected chi connectivity index (χ0v) is 16.0. The van der Waals surface area contributed by atoms with E-state index in [1.807, 2.05) is 37.1 Å². The second-order valence-corrected chi connectivity index (χ2v) is 6.09. The fourth-order valence-electron chi connectivity index (χ4n) is 2.90. The Morgan fingerprint density at radius 3 is 2.62 bits per heavy atom. The van der Waals surface area contributed by atoms with Gasteiger partial charge >= 0.3 is 12.0 Å². The number of likely N-dealkylation sites (N-methyl/N-ethyl adjacent to an activating group) is 2. The van der Waals surface area contributed by atoms with Crippen LogP contribution in [0.15, 0.2) is 35.5 Å². The van der Waals surface area contributed by atoms with Crippen LogP contribution in [-0.2, 0) is 9.53 Å². The topological polar surface area (TPSA) is 71.1 Å². The van der Waals surface area contributed by atoms with Gasteiger partial charge in [-0.25, -0.2) is 9.59 Å². The van der Waals surface area contributed by atoms with Crippen molar-refractivity contribution in [1.82, 2.24) is 15.1 Å². The standard InChI is InChI=1S/C19H27N3O4/c1-6-21(3)12-14-16(18(23)26-7-2)17(20-19(24)22(14)4)13-10-8-9-11-15(13)25-5/h8-11,17H,6-7,12H2,1-5H3,(H,20,24). The van der Waals surface area contributed by atoms with Gasteiger partial charge in [-0.2, -0.15) is 0 Å². The Balaban J connectivity index is 2.63. The van der Waals surface area contributed by atoms with E-state index in [9.17, 15) is 9.59 Å². The smallest absolute Gasteiger partial charge is 0.338 e. The minimum atomic E-state index is -0.630. The van der Waals surface area contributed by atoms with Crippen molar-refractivity contribution in [2.24, 2.45) is 0 Å². The summed E-state index contributed by atoms with van der Waals surface area (Å²) in [7, 11) is 5.16. The molecule has 0 fully saturated rings. The van der Waals surface area contributed by atoms with E-state index < -0.39 is 12.0 Å². The maximum Gasteiger partial charge on any atom is 0.338 e. The number of amides is 2. The van der Waals surface area contributed by atoms with Crippen molar-refractivity contribution in [1.29, 1.82) is 0 Å². The van der Waals surface area contributed by atoms with Gasteiger partial charge in [-0.3, -0.25) is 4.90 Å². The second kappa shape index (κ2) is 8.71. The number of ether oxygens (including phenoxy) is 2. The molecule has 1 aromatic rings. The highest BCUT2D eigenvalue weighted by molar-refractivity contribution is 5.95. The summed E-state index contributed by atoms with van der Waals surface area (Å²) in [5.74, 6) is 0.169. The summed E-state index contributed by atoms with van der Waals surface area (Å²) in [6.45, 7) is 5.29. The van der Waals surface area contributed by atoms with Crippen LogP contribution in [0.3, 0.4) is 0 Å². The van der Waals surface area contributed by atoms with Gasteiger partial charge in [0.15, 0.2) is 0 Å². The van der Waals surface area contributed by atoms with Crippen molar-refractivity contribution < 1.29 is 19.1 Å². The van der Waals surface area contributed by atoms with Crippen LogP contribution in [0.25, 0.3) is 0 Å². The molecular formula is C19H27N3O4. The van der Waals surface area contributed by atoms with Crippen molar-refractivity contribution in [3.05, 3.63) is 41.1 Å². The lowest BCUT2D eigenvalue weighted by Gasteiger charge is -2.36. The molecule has 7 nitrogen and oxygen atoms in total. The van der Waals surface area contributed by atoms with Crippen LogP contribution in [0.1, 0.15) is 25.5 Å². The first-order chi connectivity index (χ1) is 12.4. The lowest BCUT2D eigenvalue weighted by atomic mass is 9.93. The normalized spacial score (nSPS) is 17.4. The van der Waals surface area contributed by atoms with E-state index in [0.717, 1.165) is 12.1 Å². The number of esters is 1.